The highest BCUT2D eigenvalue weighted by Crippen LogP contribution is 2.22. The summed E-state index contributed by atoms with van der Waals surface area (Å²) < 4.78 is 2.14. The van der Waals surface area contributed by atoms with Crippen molar-refractivity contribution in [3.63, 3.8) is 0 Å². The summed E-state index contributed by atoms with van der Waals surface area (Å²) in [5.41, 5.74) is 1.82. The second-order valence-electron chi connectivity index (χ2n) is 4.78. The second-order valence-corrected chi connectivity index (χ2v) is 6.11. The maximum absolute atomic E-state index is 12.3. The van der Waals surface area contributed by atoms with Gasteiger partial charge in [0.25, 0.3) is 0 Å². The topological polar surface area (TPSA) is 62.7 Å². The van der Waals surface area contributed by atoms with Crippen molar-refractivity contribution in [3.05, 3.63) is 52.1 Å². The smallest absolute Gasteiger partial charge is 0.244 e. The fourth-order valence-electron chi connectivity index (χ4n) is 2.10. The van der Waals surface area contributed by atoms with E-state index in [0.717, 1.165) is 16.1 Å². The Hall–Kier alpha value is -2.25. The summed E-state index contributed by atoms with van der Waals surface area (Å²) in [6, 6.07) is 11.5. The van der Waals surface area contributed by atoms with E-state index in [1.165, 1.54) is 0 Å². The minimum atomic E-state index is -0.135. The van der Waals surface area contributed by atoms with Gasteiger partial charge >= 0.3 is 0 Å². The standard InChI is InChI=1S/C15H14N4OS2/c1-10-5-2-3-6-11(10)16-13(20)9-19-14(17-18-15(19)21)12-7-4-8-22-12/h2-8H,9H2,1H3,(H,16,20)(H,18,21). The number of aromatic amines is 1. The quantitative estimate of drug-likeness (QED) is 0.718. The van der Waals surface area contributed by atoms with Gasteiger partial charge in [-0.3, -0.25) is 14.5 Å². The number of thiophene rings is 1. The average Bonchev–Trinajstić information content (AvgIpc) is 3.12. The monoisotopic (exact) mass is 330 g/mol. The molecule has 0 bridgehead atoms. The van der Waals surface area contributed by atoms with E-state index >= 15 is 0 Å². The van der Waals surface area contributed by atoms with Crippen LogP contribution < -0.4 is 5.32 Å². The summed E-state index contributed by atoms with van der Waals surface area (Å²) in [5.74, 6) is 0.546. The average molecular weight is 330 g/mol. The molecule has 0 fully saturated rings. The van der Waals surface area contributed by atoms with Crippen molar-refractivity contribution in [2.45, 2.75) is 13.5 Å². The molecule has 0 atom stereocenters. The predicted molar refractivity (Wildman–Crippen MR) is 90.5 cm³/mol. The Balaban J connectivity index is 1.82. The number of benzene rings is 1. The number of anilines is 1. The van der Waals surface area contributed by atoms with E-state index in [4.69, 9.17) is 12.2 Å². The number of amides is 1. The third kappa shape index (κ3) is 3.00. The van der Waals surface area contributed by atoms with Crippen LogP contribution in [0.4, 0.5) is 5.69 Å². The predicted octanol–water partition coefficient (Wildman–Crippen LogP) is 3.62. The molecular formula is C15H14N4OS2. The zero-order chi connectivity index (χ0) is 15.5. The zero-order valence-corrected chi connectivity index (χ0v) is 13.5. The lowest BCUT2D eigenvalue weighted by Gasteiger charge is -2.09. The lowest BCUT2D eigenvalue weighted by atomic mass is 10.2. The lowest BCUT2D eigenvalue weighted by molar-refractivity contribution is -0.116. The van der Waals surface area contributed by atoms with Crippen LogP contribution in [0.3, 0.4) is 0 Å². The first-order chi connectivity index (χ1) is 10.6. The molecule has 7 heteroatoms. The molecule has 5 nitrogen and oxygen atoms in total. The molecule has 0 spiro atoms. The van der Waals surface area contributed by atoms with E-state index < -0.39 is 0 Å². The van der Waals surface area contributed by atoms with Crippen LogP contribution in [0.25, 0.3) is 10.7 Å². The molecule has 2 N–H and O–H groups in total. The normalized spacial score (nSPS) is 10.6. The number of aryl methyl sites for hydroxylation is 1. The number of nitrogens with one attached hydrogen (secondary N) is 2. The van der Waals surface area contributed by atoms with Crippen LogP contribution in [0.2, 0.25) is 0 Å². The van der Waals surface area contributed by atoms with Crippen LogP contribution in [-0.4, -0.2) is 20.7 Å². The Morgan fingerprint density at radius 3 is 2.91 bits per heavy atom. The number of hydrogen-bond donors (Lipinski definition) is 2. The number of carbonyl (C=O) groups excluding carboxylic acids is 1. The van der Waals surface area contributed by atoms with Gasteiger partial charge in [-0.1, -0.05) is 24.3 Å². The van der Waals surface area contributed by atoms with Gasteiger partial charge in [0.1, 0.15) is 6.54 Å². The Morgan fingerprint density at radius 2 is 2.18 bits per heavy atom. The molecule has 0 unspecified atom stereocenters. The van der Waals surface area contributed by atoms with E-state index in [0.29, 0.717) is 10.6 Å². The largest absolute Gasteiger partial charge is 0.324 e. The summed E-state index contributed by atoms with van der Waals surface area (Å²) >= 11 is 6.78. The molecule has 2 aromatic heterocycles. The summed E-state index contributed by atoms with van der Waals surface area (Å²) in [5, 5.41) is 11.8. The number of rotatable bonds is 4. The van der Waals surface area contributed by atoms with Crippen molar-refractivity contribution < 1.29 is 4.79 Å². The molecule has 0 aliphatic rings. The SMILES string of the molecule is Cc1ccccc1NC(=O)Cn1c(-c2cccs2)n[nH]c1=S. The van der Waals surface area contributed by atoms with Crippen LogP contribution in [0.5, 0.6) is 0 Å². The van der Waals surface area contributed by atoms with Crippen molar-refractivity contribution in [2.75, 3.05) is 5.32 Å². The summed E-state index contributed by atoms with van der Waals surface area (Å²) in [6.45, 7) is 2.08. The van der Waals surface area contributed by atoms with E-state index in [2.05, 4.69) is 15.5 Å². The third-order valence-corrected chi connectivity index (χ3v) is 4.40. The van der Waals surface area contributed by atoms with E-state index in [1.54, 1.807) is 15.9 Å². The van der Waals surface area contributed by atoms with Gasteiger partial charge in [0.15, 0.2) is 10.6 Å². The minimum Gasteiger partial charge on any atom is -0.324 e. The summed E-state index contributed by atoms with van der Waals surface area (Å²) in [4.78, 5) is 13.3. The number of aromatic nitrogens is 3. The molecule has 0 aliphatic heterocycles. The summed E-state index contributed by atoms with van der Waals surface area (Å²) in [6.07, 6.45) is 0. The van der Waals surface area contributed by atoms with E-state index in [1.807, 2.05) is 48.7 Å². The van der Waals surface area contributed by atoms with Gasteiger partial charge in [-0.25, -0.2) is 0 Å². The molecule has 0 saturated carbocycles. The number of H-pyrrole nitrogens is 1. The maximum atomic E-state index is 12.3. The molecule has 0 saturated heterocycles. The molecule has 22 heavy (non-hydrogen) atoms. The van der Waals surface area contributed by atoms with Gasteiger partial charge in [-0.2, -0.15) is 5.10 Å². The molecular weight excluding hydrogens is 316 g/mol. The van der Waals surface area contributed by atoms with Crippen LogP contribution >= 0.6 is 23.6 Å². The highest BCUT2D eigenvalue weighted by atomic mass is 32.1. The minimum absolute atomic E-state index is 0.122. The van der Waals surface area contributed by atoms with Gasteiger partial charge < -0.3 is 5.32 Å². The third-order valence-electron chi connectivity index (χ3n) is 3.22. The highest BCUT2D eigenvalue weighted by Gasteiger charge is 2.13. The van der Waals surface area contributed by atoms with Crippen LogP contribution in [0.15, 0.2) is 41.8 Å². The second kappa shape index (κ2) is 6.25. The van der Waals surface area contributed by atoms with Crippen LogP contribution in [-0.2, 0) is 11.3 Å². The first-order valence-electron chi connectivity index (χ1n) is 6.69. The number of para-hydroxylation sites is 1. The zero-order valence-electron chi connectivity index (χ0n) is 11.9. The molecule has 1 aromatic carbocycles. The van der Waals surface area contributed by atoms with Crippen LogP contribution in [0.1, 0.15) is 5.56 Å². The molecule has 0 aliphatic carbocycles. The van der Waals surface area contributed by atoms with Crippen molar-refractivity contribution >= 4 is 35.1 Å². The van der Waals surface area contributed by atoms with Crippen molar-refractivity contribution in [2.24, 2.45) is 0 Å². The Bertz CT molecular complexity index is 849. The van der Waals surface area contributed by atoms with E-state index in [-0.39, 0.29) is 12.5 Å². The van der Waals surface area contributed by atoms with Gasteiger partial charge in [-0.05, 0) is 42.2 Å². The molecule has 0 radical (unpaired) electrons. The number of nitrogens with zero attached hydrogens (tertiary/aromatic N) is 2. The van der Waals surface area contributed by atoms with Gasteiger partial charge in [0.2, 0.25) is 5.91 Å². The van der Waals surface area contributed by atoms with Gasteiger partial charge in [0.05, 0.1) is 4.88 Å². The van der Waals surface area contributed by atoms with Crippen molar-refractivity contribution in [3.8, 4) is 10.7 Å². The van der Waals surface area contributed by atoms with Gasteiger partial charge in [0, 0.05) is 5.69 Å². The summed E-state index contributed by atoms with van der Waals surface area (Å²) in [7, 11) is 0. The first kappa shape index (κ1) is 14.7. The number of hydrogen-bond acceptors (Lipinski definition) is 4. The molecule has 3 rings (SSSR count). The van der Waals surface area contributed by atoms with Crippen LogP contribution in [0, 0.1) is 11.7 Å². The van der Waals surface area contributed by atoms with Crippen molar-refractivity contribution in [1.29, 1.82) is 0 Å². The fraction of sp³-hybridized carbons (Fsp3) is 0.133. The lowest BCUT2D eigenvalue weighted by Crippen LogP contribution is -2.19. The van der Waals surface area contributed by atoms with E-state index in [9.17, 15) is 4.79 Å². The molecule has 112 valence electrons. The molecule has 3 aromatic rings. The number of carbonyl (C=O) groups is 1. The maximum Gasteiger partial charge on any atom is 0.244 e. The Morgan fingerprint density at radius 1 is 1.36 bits per heavy atom. The highest BCUT2D eigenvalue weighted by molar-refractivity contribution is 7.71. The molecule has 1 amide bonds. The fourth-order valence-corrected chi connectivity index (χ4v) is 3.02. The van der Waals surface area contributed by atoms with Gasteiger partial charge in [-0.15, -0.1) is 11.3 Å². The first-order valence-corrected chi connectivity index (χ1v) is 7.98. The Labute approximate surface area is 136 Å². The Kier molecular flexibility index (Phi) is 4.17. The molecule has 2 heterocycles. The van der Waals surface area contributed by atoms with Crippen molar-refractivity contribution in [1.82, 2.24) is 14.8 Å².